The number of ether oxygens (including phenoxy) is 3. The lowest BCUT2D eigenvalue weighted by molar-refractivity contribution is -0.286. The highest BCUT2D eigenvalue weighted by molar-refractivity contribution is 5.65. The van der Waals surface area contributed by atoms with Crippen molar-refractivity contribution in [2.45, 2.75) is 19.0 Å². The molecule has 36 heavy (non-hydrogen) atoms. The van der Waals surface area contributed by atoms with E-state index in [1.54, 1.807) is 42.9 Å². The van der Waals surface area contributed by atoms with Crippen LogP contribution in [0.1, 0.15) is 34.2 Å². The number of nitrogens with zero attached hydrogens (tertiary/aromatic N) is 5. The Balaban J connectivity index is 1.40. The quantitative estimate of drug-likeness (QED) is 0.384. The summed E-state index contributed by atoms with van der Waals surface area (Å²) in [6.45, 7) is 0.0688. The number of halogens is 2. The molecule has 1 atom stereocenters. The molecular weight excluding hydrogens is 468 g/mol. The normalized spacial score (nSPS) is 14.1. The number of fused-ring (bicyclic) bond motifs is 1. The highest BCUT2D eigenvalue weighted by Gasteiger charge is 2.43. The van der Waals surface area contributed by atoms with Crippen molar-refractivity contribution in [1.82, 2.24) is 14.5 Å². The highest BCUT2D eigenvalue weighted by atomic mass is 19.3. The lowest BCUT2D eigenvalue weighted by Gasteiger charge is -2.19. The van der Waals surface area contributed by atoms with Crippen LogP contribution in [0.3, 0.4) is 0 Å². The molecule has 8 nitrogen and oxygen atoms in total. The summed E-state index contributed by atoms with van der Waals surface area (Å²) in [4.78, 5) is 8.57. The lowest BCUT2D eigenvalue weighted by atomic mass is 10.0. The fourth-order valence-corrected chi connectivity index (χ4v) is 3.85. The standard InChI is InChI=1S/C26H17F2N5O3/c1-33-15-31-13-22(33)25(17-4-2-16(11-29)3-5-17)34-14-19-6-8-20(32-21(19)12-30)18-7-9-23-24(10-18)36-26(27,28)35-23/h2-10,13,15,25H,14H2,1H3. The van der Waals surface area contributed by atoms with Crippen molar-refractivity contribution in [3.8, 4) is 34.9 Å². The van der Waals surface area contributed by atoms with Gasteiger partial charge < -0.3 is 18.8 Å². The molecule has 0 saturated heterocycles. The van der Waals surface area contributed by atoms with Crippen LogP contribution in [0.4, 0.5) is 8.78 Å². The van der Waals surface area contributed by atoms with Crippen LogP contribution in [-0.4, -0.2) is 20.8 Å². The van der Waals surface area contributed by atoms with E-state index in [1.165, 1.54) is 12.1 Å². The molecule has 0 amide bonds. The first kappa shape index (κ1) is 23.0. The highest BCUT2D eigenvalue weighted by Crippen LogP contribution is 2.42. The van der Waals surface area contributed by atoms with Crippen LogP contribution in [0.5, 0.6) is 11.5 Å². The smallest absolute Gasteiger partial charge is 0.395 e. The van der Waals surface area contributed by atoms with Crippen LogP contribution in [0.2, 0.25) is 0 Å². The molecule has 10 heteroatoms. The molecule has 0 saturated carbocycles. The van der Waals surface area contributed by atoms with E-state index in [9.17, 15) is 14.0 Å². The van der Waals surface area contributed by atoms with Gasteiger partial charge in [-0.15, -0.1) is 8.78 Å². The molecule has 1 unspecified atom stereocenters. The Kier molecular flexibility index (Phi) is 5.80. The molecule has 0 N–H and O–H groups in total. The summed E-state index contributed by atoms with van der Waals surface area (Å²) in [5, 5.41) is 18.8. The monoisotopic (exact) mass is 485 g/mol. The van der Waals surface area contributed by atoms with E-state index in [0.29, 0.717) is 22.4 Å². The number of rotatable bonds is 6. The van der Waals surface area contributed by atoms with Crippen molar-refractivity contribution < 1.29 is 23.0 Å². The first-order valence-electron chi connectivity index (χ1n) is 10.7. The number of benzene rings is 2. The van der Waals surface area contributed by atoms with Gasteiger partial charge in [-0.1, -0.05) is 18.2 Å². The van der Waals surface area contributed by atoms with Gasteiger partial charge in [0.2, 0.25) is 0 Å². The summed E-state index contributed by atoms with van der Waals surface area (Å²) in [5.74, 6) is -0.176. The number of aryl methyl sites for hydroxylation is 1. The van der Waals surface area contributed by atoms with E-state index < -0.39 is 12.4 Å². The summed E-state index contributed by atoms with van der Waals surface area (Å²) in [5.41, 5.74) is 3.73. The summed E-state index contributed by atoms with van der Waals surface area (Å²) in [6.07, 6.45) is -0.870. The van der Waals surface area contributed by atoms with Gasteiger partial charge in [-0.2, -0.15) is 10.5 Å². The predicted molar refractivity (Wildman–Crippen MR) is 122 cm³/mol. The SMILES string of the molecule is Cn1cncc1C(OCc1ccc(-c2ccc3c(c2)OC(F)(F)O3)nc1C#N)c1ccc(C#N)cc1. The Bertz CT molecular complexity index is 1520. The zero-order chi connectivity index (χ0) is 25.3. The molecule has 5 rings (SSSR count). The van der Waals surface area contributed by atoms with Crippen LogP contribution < -0.4 is 9.47 Å². The Labute approximate surface area is 204 Å². The summed E-state index contributed by atoms with van der Waals surface area (Å²) >= 11 is 0. The Morgan fingerprint density at radius 3 is 2.50 bits per heavy atom. The molecule has 1 aliphatic rings. The molecule has 0 fully saturated rings. The van der Waals surface area contributed by atoms with E-state index >= 15 is 0 Å². The van der Waals surface area contributed by atoms with Crippen molar-refractivity contribution in [2.75, 3.05) is 0 Å². The first-order valence-corrected chi connectivity index (χ1v) is 10.7. The predicted octanol–water partition coefficient (Wildman–Crippen LogP) is 4.85. The second kappa shape index (κ2) is 9.10. The molecule has 4 aromatic rings. The summed E-state index contributed by atoms with van der Waals surface area (Å²) < 4.78 is 43.7. The summed E-state index contributed by atoms with van der Waals surface area (Å²) in [7, 11) is 1.85. The first-order chi connectivity index (χ1) is 17.4. The molecular formula is C26H17F2N5O3. The lowest BCUT2D eigenvalue weighted by Crippen LogP contribution is -2.25. The molecule has 178 valence electrons. The molecule has 0 radical (unpaired) electrons. The van der Waals surface area contributed by atoms with Gasteiger partial charge in [0.05, 0.1) is 42.2 Å². The minimum atomic E-state index is -3.72. The third-order valence-electron chi connectivity index (χ3n) is 5.65. The maximum Gasteiger partial charge on any atom is 0.586 e. The molecule has 1 aliphatic heterocycles. The van der Waals surface area contributed by atoms with Crippen LogP contribution in [0.15, 0.2) is 67.1 Å². The van der Waals surface area contributed by atoms with E-state index in [1.807, 2.05) is 23.7 Å². The second-order valence-electron chi connectivity index (χ2n) is 8.00. The third kappa shape index (κ3) is 4.45. The van der Waals surface area contributed by atoms with E-state index in [4.69, 9.17) is 10.00 Å². The second-order valence-corrected chi connectivity index (χ2v) is 8.00. The van der Waals surface area contributed by atoms with E-state index in [-0.39, 0.29) is 23.8 Å². The van der Waals surface area contributed by atoms with Gasteiger partial charge in [0.15, 0.2) is 11.5 Å². The van der Waals surface area contributed by atoms with Gasteiger partial charge in [-0.05, 0) is 42.0 Å². The van der Waals surface area contributed by atoms with Gasteiger partial charge >= 0.3 is 6.29 Å². The minimum absolute atomic E-state index is 0.0688. The van der Waals surface area contributed by atoms with Gasteiger partial charge in [-0.25, -0.2) is 9.97 Å². The Morgan fingerprint density at radius 2 is 1.81 bits per heavy atom. The van der Waals surface area contributed by atoms with E-state index in [2.05, 4.69) is 31.6 Å². The number of hydrogen-bond donors (Lipinski definition) is 0. The molecule has 0 aliphatic carbocycles. The van der Waals surface area contributed by atoms with Crippen molar-refractivity contribution in [1.29, 1.82) is 10.5 Å². The average Bonchev–Trinajstić information content (AvgIpc) is 3.44. The largest absolute Gasteiger partial charge is 0.586 e. The zero-order valence-corrected chi connectivity index (χ0v) is 18.9. The Morgan fingerprint density at radius 1 is 1.03 bits per heavy atom. The van der Waals surface area contributed by atoms with Crippen molar-refractivity contribution >= 4 is 0 Å². The van der Waals surface area contributed by atoms with Crippen LogP contribution in [-0.2, 0) is 18.4 Å². The summed E-state index contributed by atoms with van der Waals surface area (Å²) in [6, 6.07) is 18.9. The van der Waals surface area contributed by atoms with Gasteiger partial charge in [0.1, 0.15) is 17.9 Å². The van der Waals surface area contributed by atoms with Crippen molar-refractivity contribution in [3.63, 3.8) is 0 Å². The van der Waals surface area contributed by atoms with E-state index in [0.717, 1.165) is 11.3 Å². The fourth-order valence-electron chi connectivity index (χ4n) is 3.85. The van der Waals surface area contributed by atoms with Crippen LogP contribution in [0.25, 0.3) is 11.3 Å². The maximum absolute atomic E-state index is 13.3. The average molecular weight is 485 g/mol. The van der Waals surface area contributed by atoms with Gasteiger partial charge in [-0.3, -0.25) is 0 Å². The molecule has 2 aromatic heterocycles. The number of aromatic nitrogens is 3. The van der Waals surface area contributed by atoms with Gasteiger partial charge in [0.25, 0.3) is 0 Å². The molecule has 0 spiro atoms. The number of alkyl halides is 2. The number of nitriles is 2. The Hall–Kier alpha value is -4.80. The third-order valence-corrected chi connectivity index (χ3v) is 5.65. The fraction of sp³-hybridized carbons (Fsp3) is 0.154. The maximum atomic E-state index is 13.3. The van der Waals surface area contributed by atoms with Crippen LogP contribution >= 0.6 is 0 Å². The van der Waals surface area contributed by atoms with Gasteiger partial charge in [0, 0.05) is 18.2 Å². The number of pyridine rings is 1. The molecule has 3 heterocycles. The topological polar surface area (TPSA) is 106 Å². The van der Waals surface area contributed by atoms with Crippen LogP contribution in [0, 0.1) is 22.7 Å². The minimum Gasteiger partial charge on any atom is -0.395 e. The zero-order valence-electron chi connectivity index (χ0n) is 18.9. The number of hydrogen-bond acceptors (Lipinski definition) is 7. The van der Waals surface area contributed by atoms with Crippen molar-refractivity contribution in [2.24, 2.45) is 7.05 Å². The molecule has 0 bridgehead atoms. The van der Waals surface area contributed by atoms with Crippen molar-refractivity contribution in [3.05, 3.63) is 95.2 Å². The molecule has 2 aromatic carbocycles. The number of imidazole rings is 1.